The molecule has 0 saturated heterocycles. The van der Waals surface area contributed by atoms with Crippen molar-refractivity contribution in [3.63, 3.8) is 0 Å². The van der Waals surface area contributed by atoms with E-state index in [0.717, 1.165) is 0 Å². The van der Waals surface area contributed by atoms with E-state index in [-0.39, 0.29) is 11.4 Å². The lowest BCUT2D eigenvalue weighted by Crippen LogP contribution is -2.26. The number of rotatable bonds is 5. The molecule has 0 radical (unpaired) electrons. The molecular weight excluding hydrogens is 308 g/mol. The molecule has 0 amide bonds. The lowest BCUT2D eigenvalue weighted by atomic mass is 10.3. The van der Waals surface area contributed by atoms with E-state index in [1.807, 2.05) is 0 Å². The number of anilines is 1. The molecule has 0 fully saturated rings. The minimum absolute atomic E-state index is 0.143. The summed E-state index contributed by atoms with van der Waals surface area (Å²) in [6, 6.07) is 4.40. The number of nitrogens with one attached hydrogen (secondary N) is 1. The second kappa shape index (κ2) is 5.81. The fourth-order valence-electron chi connectivity index (χ4n) is 1.16. The molecule has 17 heavy (non-hydrogen) atoms. The molecule has 4 N–H and O–H groups in total. The molecule has 0 heterocycles. The average Bonchev–Trinajstić information content (AvgIpc) is 2.21. The number of aliphatic hydroxyl groups is 1. The van der Waals surface area contributed by atoms with E-state index in [4.69, 9.17) is 10.8 Å². The van der Waals surface area contributed by atoms with E-state index < -0.39 is 16.1 Å². The Balaban J connectivity index is 2.79. The largest absolute Gasteiger partial charge is 0.398 e. The maximum absolute atomic E-state index is 11.8. The lowest BCUT2D eigenvalue weighted by Gasteiger charge is -2.09. The highest BCUT2D eigenvalue weighted by atomic mass is 79.9. The maximum atomic E-state index is 11.8. The molecule has 0 aromatic heterocycles. The molecule has 0 aliphatic carbocycles. The number of hydrogen-bond acceptors (Lipinski definition) is 4. The number of nitrogens with two attached hydrogens (primary N) is 1. The van der Waals surface area contributed by atoms with E-state index in [9.17, 15) is 8.42 Å². The van der Waals surface area contributed by atoms with Gasteiger partial charge in [0.1, 0.15) is 0 Å². The van der Waals surface area contributed by atoms with Crippen LogP contribution in [0.15, 0.2) is 27.6 Å². The van der Waals surface area contributed by atoms with Gasteiger partial charge in [0.2, 0.25) is 10.0 Å². The van der Waals surface area contributed by atoms with E-state index in [0.29, 0.717) is 16.6 Å². The minimum atomic E-state index is -3.54. The van der Waals surface area contributed by atoms with Crippen molar-refractivity contribution in [2.24, 2.45) is 0 Å². The molecule has 96 valence electrons. The summed E-state index contributed by atoms with van der Waals surface area (Å²) < 4.78 is 26.6. The molecule has 0 saturated carbocycles. The van der Waals surface area contributed by atoms with Crippen molar-refractivity contribution in [2.45, 2.75) is 24.3 Å². The van der Waals surface area contributed by atoms with Crippen LogP contribution in [0.25, 0.3) is 0 Å². The monoisotopic (exact) mass is 322 g/mol. The van der Waals surface area contributed by atoms with Crippen LogP contribution >= 0.6 is 15.9 Å². The van der Waals surface area contributed by atoms with Gasteiger partial charge in [-0.1, -0.05) is 0 Å². The summed E-state index contributed by atoms with van der Waals surface area (Å²) in [6.07, 6.45) is -0.161. The van der Waals surface area contributed by atoms with Gasteiger partial charge in [-0.25, -0.2) is 13.1 Å². The van der Waals surface area contributed by atoms with Gasteiger partial charge in [0.05, 0.1) is 11.0 Å². The van der Waals surface area contributed by atoms with Gasteiger partial charge in [0, 0.05) is 16.7 Å². The maximum Gasteiger partial charge on any atom is 0.240 e. The molecule has 1 unspecified atom stereocenters. The number of halogens is 1. The molecule has 1 aromatic rings. The molecular formula is C10H15BrN2O3S. The molecule has 7 heteroatoms. The predicted molar refractivity (Wildman–Crippen MR) is 70.0 cm³/mol. The normalized spacial score (nSPS) is 13.6. The first-order chi connectivity index (χ1) is 7.83. The Hall–Kier alpha value is -0.630. The second-order valence-electron chi connectivity index (χ2n) is 3.72. The zero-order valence-electron chi connectivity index (χ0n) is 9.35. The van der Waals surface area contributed by atoms with Gasteiger partial charge in [-0.2, -0.15) is 0 Å². The molecule has 0 aliphatic rings. The Kier molecular flexibility index (Phi) is 4.93. The van der Waals surface area contributed by atoms with Crippen molar-refractivity contribution >= 4 is 31.6 Å². The zero-order chi connectivity index (χ0) is 13.1. The summed E-state index contributed by atoms with van der Waals surface area (Å²) in [7, 11) is -3.54. The van der Waals surface area contributed by atoms with Crippen molar-refractivity contribution in [1.82, 2.24) is 4.72 Å². The third-order valence-electron chi connectivity index (χ3n) is 2.14. The van der Waals surface area contributed by atoms with E-state index in [1.54, 1.807) is 6.92 Å². The van der Waals surface area contributed by atoms with Crippen molar-refractivity contribution in [2.75, 3.05) is 12.3 Å². The molecule has 0 bridgehead atoms. The van der Waals surface area contributed by atoms with Gasteiger partial charge in [0.25, 0.3) is 0 Å². The third-order valence-corrected chi connectivity index (χ3v) is 4.28. The third kappa shape index (κ3) is 4.27. The standard InChI is InChI=1S/C10H15BrN2O3S/c1-7(14)4-5-13-17(15,16)8-2-3-10(12)9(11)6-8/h2-3,6-7,13-14H,4-5,12H2,1H3. The van der Waals surface area contributed by atoms with Crippen LogP contribution in [-0.2, 0) is 10.0 Å². The number of sulfonamides is 1. The predicted octanol–water partition coefficient (Wildman–Crippen LogP) is 1.08. The second-order valence-corrected chi connectivity index (χ2v) is 6.34. The quantitative estimate of drug-likeness (QED) is 0.707. The van der Waals surface area contributed by atoms with Crippen LogP contribution in [0, 0.1) is 0 Å². The summed E-state index contributed by atoms with van der Waals surface area (Å²) in [5, 5.41) is 9.04. The number of hydrogen-bond donors (Lipinski definition) is 3. The highest BCUT2D eigenvalue weighted by Crippen LogP contribution is 2.22. The summed E-state index contributed by atoms with van der Waals surface area (Å²) >= 11 is 3.17. The van der Waals surface area contributed by atoms with Crippen molar-refractivity contribution < 1.29 is 13.5 Å². The van der Waals surface area contributed by atoms with E-state index in [1.165, 1.54) is 18.2 Å². The van der Waals surface area contributed by atoms with Crippen LogP contribution in [0.1, 0.15) is 13.3 Å². The Morgan fingerprint density at radius 3 is 2.71 bits per heavy atom. The van der Waals surface area contributed by atoms with Crippen molar-refractivity contribution in [3.8, 4) is 0 Å². The Bertz CT molecular complexity index is 488. The SMILES string of the molecule is CC(O)CCNS(=O)(=O)c1ccc(N)c(Br)c1. The highest BCUT2D eigenvalue weighted by molar-refractivity contribution is 9.10. The topological polar surface area (TPSA) is 92.4 Å². The fourth-order valence-corrected chi connectivity index (χ4v) is 2.76. The molecule has 1 rings (SSSR count). The Morgan fingerprint density at radius 2 is 2.18 bits per heavy atom. The first-order valence-electron chi connectivity index (χ1n) is 5.05. The Labute approximate surface area is 109 Å². The van der Waals surface area contributed by atoms with Crippen molar-refractivity contribution in [1.29, 1.82) is 0 Å². The van der Waals surface area contributed by atoms with Gasteiger partial charge in [-0.3, -0.25) is 0 Å². The zero-order valence-corrected chi connectivity index (χ0v) is 11.8. The van der Waals surface area contributed by atoms with Gasteiger partial charge in [-0.15, -0.1) is 0 Å². The lowest BCUT2D eigenvalue weighted by molar-refractivity contribution is 0.186. The van der Waals surface area contributed by atoms with E-state index in [2.05, 4.69) is 20.7 Å². The first kappa shape index (κ1) is 14.4. The summed E-state index contributed by atoms with van der Waals surface area (Å²) in [4.78, 5) is 0.143. The molecule has 1 aromatic carbocycles. The number of aliphatic hydroxyl groups excluding tert-OH is 1. The van der Waals surface area contributed by atoms with Gasteiger partial charge < -0.3 is 10.8 Å². The van der Waals surface area contributed by atoms with Crippen LogP contribution < -0.4 is 10.5 Å². The fraction of sp³-hybridized carbons (Fsp3) is 0.400. The molecule has 5 nitrogen and oxygen atoms in total. The van der Waals surface area contributed by atoms with Gasteiger partial charge in [-0.05, 0) is 47.5 Å². The number of benzene rings is 1. The van der Waals surface area contributed by atoms with E-state index >= 15 is 0 Å². The molecule has 0 aliphatic heterocycles. The van der Waals surface area contributed by atoms with Gasteiger partial charge in [0.15, 0.2) is 0 Å². The summed E-state index contributed by atoms with van der Waals surface area (Å²) in [5.74, 6) is 0. The van der Waals surface area contributed by atoms with Crippen LogP contribution in [0.3, 0.4) is 0 Å². The average molecular weight is 323 g/mol. The smallest absolute Gasteiger partial charge is 0.240 e. The van der Waals surface area contributed by atoms with Crippen LogP contribution in [0.4, 0.5) is 5.69 Å². The van der Waals surface area contributed by atoms with Crippen molar-refractivity contribution in [3.05, 3.63) is 22.7 Å². The van der Waals surface area contributed by atoms with Crippen LogP contribution in [0.2, 0.25) is 0 Å². The molecule has 0 spiro atoms. The van der Waals surface area contributed by atoms with Gasteiger partial charge >= 0.3 is 0 Å². The van der Waals surface area contributed by atoms with Crippen LogP contribution in [-0.4, -0.2) is 26.2 Å². The minimum Gasteiger partial charge on any atom is -0.398 e. The molecule has 1 atom stereocenters. The van der Waals surface area contributed by atoms with Crippen LogP contribution in [0.5, 0.6) is 0 Å². The first-order valence-corrected chi connectivity index (χ1v) is 7.33. The number of nitrogen functional groups attached to an aromatic ring is 1. The summed E-state index contributed by atoms with van der Waals surface area (Å²) in [5.41, 5.74) is 6.06. The highest BCUT2D eigenvalue weighted by Gasteiger charge is 2.14. The Morgan fingerprint density at radius 1 is 1.53 bits per heavy atom. The summed E-state index contributed by atoms with van der Waals surface area (Å²) in [6.45, 7) is 1.80.